The van der Waals surface area contributed by atoms with E-state index in [4.69, 9.17) is 0 Å². The van der Waals surface area contributed by atoms with Gasteiger partial charge in [0.25, 0.3) is 0 Å². The molecule has 0 nitrogen and oxygen atoms in total. The summed E-state index contributed by atoms with van der Waals surface area (Å²) in [6.07, 6.45) is 4.55. The zero-order chi connectivity index (χ0) is 10.1. The standard InChI is InChI=1S/C14H12S/c1-2-5-12-10-13(8-7-11(12)4-1)14-6-3-9-15-14/h1-8,10,14H,9H2. The lowest BCUT2D eigenvalue weighted by atomic mass is 10.0. The van der Waals surface area contributed by atoms with Gasteiger partial charge >= 0.3 is 0 Å². The Morgan fingerprint density at radius 2 is 1.87 bits per heavy atom. The van der Waals surface area contributed by atoms with Crippen LogP contribution in [0.15, 0.2) is 54.6 Å². The molecule has 1 heteroatoms. The Bertz CT molecular complexity index is 513. The predicted octanol–water partition coefficient (Wildman–Crippen LogP) is 4.18. The van der Waals surface area contributed by atoms with Gasteiger partial charge < -0.3 is 0 Å². The normalized spacial score (nSPS) is 19.9. The van der Waals surface area contributed by atoms with E-state index in [1.54, 1.807) is 0 Å². The van der Waals surface area contributed by atoms with Crippen molar-refractivity contribution in [2.24, 2.45) is 0 Å². The average Bonchev–Trinajstić information content (AvgIpc) is 2.82. The van der Waals surface area contributed by atoms with Gasteiger partial charge in [0.15, 0.2) is 0 Å². The Hall–Kier alpha value is -1.21. The summed E-state index contributed by atoms with van der Waals surface area (Å²) < 4.78 is 0. The van der Waals surface area contributed by atoms with Crippen molar-refractivity contribution in [3.05, 3.63) is 60.2 Å². The molecule has 0 spiro atoms. The van der Waals surface area contributed by atoms with Crippen molar-refractivity contribution >= 4 is 22.5 Å². The van der Waals surface area contributed by atoms with Gasteiger partial charge in [0.2, 0.25) is 0 Å². The van der Waals surface area contributed by atoms with Crippen molar-refractivity contribution in [1.29, 1.82) is 0 Å². The maximum Gasteiger partial charge on any atom is 0.0480 e. The lowest BCUT2D eigenvalue weighted by molar-refractivity contribution is 1.26. The summed E-state index contributed by atoms with van der Waals surface area (Å²) in [4.78, 5) is 0. The summed E-state index contributed by atoms with van der Waals surface area (Å²) >= 11 is 1.99. The minimum atomic E-state index is 0.564. The van der Waals surface area contributed by atoms with Gasteiger partial charge in [-0.3, -0.25) is 0 Å². The van der Waals surface area contributed by atoms with Crippen LogP contribution in [0.25, 0.3) is 10.8 Å². The molecule has 15 heavy (non-hydrogen) atoms. The third-order valence-corrected chi connectivity index (χ3v) is 3.96. The first-order valence-corrected chi connectivity index (χ1v) is 6.25. The average molecular weight is 212 g/mol. The first kappa shape index (κ1) is 9.05. The van der Waals surface area contributed by atoms with Gasteiger partial charge in [0.1, 0.15) is 0 Å². The van der Waals surface area contributed by atoms with Gasteiger partial charge in [0.05, 0.1) is 0 Å². The summed E-state index contributed by atoms with van der Waals surface area (Å²) in [5.74, 6) is 1.15. The number of rotatable bonds is 1. The molecule has 1 heterocycles. The molecule has 0 fully saturated rings. The Labute approximate surface area is 94.0 Å². The predicted molar refractivity (Wildman–Crippen MR) is 68.3 cm³/mol. The SMILES string of the molecule is C1=CC(c2ccc3ccccc3c2)SC1. The Balaban J connectivity index is 2.09. The molecule has 1 aliphatic heterocycles. The van der Waals surface area contributed by atoms with Crippen LogP contribution < -0.4 is 0 Å². The largest absolute Gasteiger partial charge is 0.145 e. The molecule has 2 aromatic rings. The van der Waals surface area contributed by atoms with Crippen LogP contribution in [0.2, 0.25) is 0 Å². The van der Waals surface area contributed by atoms with E-state index in [1.165, 1.54) is 16.3 Å². The zero-order valence-corrected chi connectivity index (χ0v) is 9.21. The van der Waals surface area contributed by atoms with Crippen molar-refractivity contribution in [2.45, 2.75) is 5.25 Å². The van der Waals surface area contributed by atoms with Gasteiger partial charge in [-0.15, -0.1) is 11.8 Å². The first-order chi connectivity index (χ1) is 7.43. The maximum absolute atomic E-state index is 2.31. The smallest absolute Gasteiger partial charge is 0.0480 e. The summed E-state index contributed by atoms with van der Waals surface area (Å²) in [6.45, 7) is 0. The fourth-order valence-corrected chi connectivity index (χ4v) is 2.98. The lowest BCUT2D eigenvalue weighted by Crippen LogP contribution is -1.86. The third kappa shape index (κ3) is 1.68. The Kier molecular flexibility index (Phi) is 2.26. The number of hydrogen-bond donors (Lipinski definition) is 0. The van der Waals surface area contributed by atoms with Gasteiger partial charge in [-0.1, -0.05) is 48.6 Å². The van der Waals surface area contributed by atoms with E-state index in [2.05, 4.69) is 54.6 Å². The molecule has 0 saturated carbocycles. The fourth-order valence-electron chi connectivity index (χ4n) is 1.99. The summed E-state index contributed by atoms with van der Waals surface area (Å²) in [7, 11) is 0. The Morgan fingerprint density at radius 3 is 2.67 bits per heavy atom. The molecule has 0 aromatic heterocycles. The van der Waals surface area contributed by atoms with E-state index in [0.29, 0.717) is 5.25 Å². The molecule has 0 radical (unpaired) electrons. The Morgan fingerprint density at radius 1 is 1.00 bits per heavy atom. The number of hydrogen-bond acceptors (Lipinski definition) is 1. The summed E-state index contributed by atoms with van der Waals surface area (Å²) in [5, 5.41) is 3.23. The van der Waals surface area contributed by atoms with Gasteiger partial charge in [0, 0.05) is 11.0 Å². The van der Waals surface area contributed by atoms with E-state index in [0.717, 1.165) is 5.75 Å². The number of benzene rings is 2. The van der Waals surface area contributed by atoms with Crippen LogP contribution in [0.3, 0.4) is 0 Å². The van der Waals surface area contributed by atoms with Crippen molar-refractivity contribution in [3.63, 3.8) is 0 Å². The first-order valence-electron chi connectivity index (χ1n) is 5.20. The molecule has 1 unspecified atom stereocenters. The van der Waals surface area contributed by atoms with Crippen molar-refractivity contribution in [2.75, 3.05) is 5.75 Å². The van der Waals surface area contributed by atoms with E-state index >= 15 is 0 Å². The fraction of sp³-hybridized carbons (Fsp3) is 0.143. The zero-order valence-electron chi connectivity index (χ0n) is 8.39. The molecule has 0 aliphatic carbocycles. The quantitative estimate of drug-likeness (QED) is 0.639. The molecule has 0 saturated heterocycles. The minimum absolute atomic E-state index is 0.564. The van der Waals surface area contributed by atoms with E-state index in [1.807, 2.05) is 11.8 Å². The molecule has 74 valence electrons. The molecule has 0 N–H and O–H groups in total. The topological polar surface area (TPSA) is 0 Å². The molecular weight excluding hydrogens is 200 g/mol. The highest BCUT2D eigenvalue weighted by Crippen LogP contribution is 2.35. The summed E-state index contributed by atoms with van der Waals surface area (Å²) in [5.41, 5.74) is 1.42. The van der Waals surface area contributed by atoms with Gasteiger partial charge in [-0.25, -0.2) is 0 Å². The molecule has 2 aromatic carbocycles. The lowest BCUT2D eigenvalue weighted by Gasteiger charge is -2.08. The molecule has 0 amide bonds. The van der Waals surface area contributed by atoms with Crippen molar-refractivity contribution < 1.29 is 0 Å². The van der Waals surface area contributed by atoms with Crippen LogP contribution in [0.1, 0.15) is 10.8 Å². The highest BCUT2D eigenvalue weighted by atomic mass is 32.2. The number of fused-ring (bicyclic) bond motifs is 1. The van der Waals surface area contributed by atoms with E-state index in [9.17, 15) is 0 Å². The maximum atomic E-state index is 2.31. The van der Waals surface area contributed by atoms with E-state index in [-0.39, 0.29) is 0 Å². The molecule has 1 atom stereocenters. The minimum Gasteiger partial charge on any atom is -0.145 e. The molecule has 1 aliphatic rings. The van der Waals surface area contributed by atoms with Crippen LogP contribution in [-0.2, 0) is 0 Å². The van der Waals surface area contributed by atoms with Crippen LogP contribution in [0.4, 0.5) is 0 Å². The number of thioether (sulfide) groups is 1. The second kappa shape index (κ2) is 3.74. The van der Waals surface area contributed by atoms with Crippen LogP contribution in [-0.4, -0.2) is 5.75 Å². The van der Waals surface area contributed by atoms with Crippen LogP contribution >= 0.6 is 11.8 Å². The van der Waals surface area contributed by atoms with Crippen LogP contribution in [0, 0.1) is 0 Å². The third-order valence-electron chi connectivity index (χ3n) is 2.78. The van der Waals surface area contributed by atoms with Crippen molar-refractivity contribution in [1.82, 2.24) is 0 Å². The second-order valence-corrected chi connectivity index (χ2v) is 4.96. The molecular formula is C14H12S. The highest BCUT2D eigenvalue weighted by molar-refractivity contribution is 8.00. The molecule has 3 rings (SSSR count). The summed E-state index contributed by atoms with van der Waals surface area (Å²) in [6, 6.07) is 15.3. The second-order valence-electron chi connectivity index (χ2n) is 3.79. The van der Waals surface area contributed by atoms with Gasteiger partial charge in [-0.2, -0.15) is 0 Å². The highest BCUT2D eigenvalue weighted by Gasteiger charge is 2.11. The van der Waals surface area contributed by atoms with Gasteiger partial charge in [-0.05, 0) is 22.4 Å². The van der Waals surface area contributed by atoms with E-state index < -0.39 is 0 Å². The van der Waals surface area contributed by atoms with Crippen LogP contribution in [0.5, 0.6) is 0 Å². The van der Waals surface area contributed by atoms with Crippen molar-refractivity contribution in [3.8, 4) is 0 Å². The monoisotopic (exact) mass is 212 g/mol. The molecule has 0 bridgehead atoms.